The predicted molar refractivity (Wildman–Crippen MR) is 102 cm³/mol. The van der Waals surface area contributed by atoms with Gasteiger partial charge in [-0.3, -0.25) is 10.0 Å². The molecule has 0 fully saturated rings. The van der Waals surface area contributed by atoms with Crippen LogP contribution in [0.3, 0.4) is 0 Å². The average molecular weight is 332 g/mol. The molecule has 25 heavy (non-hydrogen) atoms. The Bertz CT molecular complexity index is 915. The first-order valence-electron chi connectivity index (χ1n) is 8.10. The van der Waals surface area contributed by atoms with E-state index in [1.54, 1.807) is 17.6 Å². The fraction of sp³-hybridized carbons (Fsp3) is 0.0952. The molecular weight excluding hydrogens is 312 g/mol. The average Bonchev–Trinajstić information content (AvgIpc) is 2.66. The molecule has 126 valence electrons. The van der Waals surface area contributed by atoms with Gasteiger partial charge in [-0.15, -0.1) is 0 Å². The van der Waals surface area contributed by atoms with E-state index in [9.17, 15) is 4.79 Å². The molecule has 4 nitrogen and oxygen atoms in total. The summed E-state index contributed by atoms with van der Waals surface area (Å²) in [5.74, 6) is -0.509. The van der Waals surface area contributed by atoms with Crippen molar-refractivity contribution in [1.82, 2.24) is 5.48 Å². The number of hydroxylamine groups is 1. The summed E-state index contributed by atoms with van der Waals surface area (Å²) in [6.45, 7) is 2.79. The first-order chi connectivity index (χ1) is 12.2. The Hall–Kier alpha value is -3.11. The first kappa shape index (κ1) is 16.7. The lowest BCUT2D eigenvalue weighted by Crippen LogP contribution is -2.18. The maximum Gasteiger partial charge on any atom is 0.274 e. The number of fused-ring (bicyclic) bond motifs is 1. The number of nitrogens with one attached hydrogen (secondary N) is 2. The quantitative estimate of drug-likeness (QED) is 0.477. The molecule has 0 aromatic heterocycles. The van der Waals surface area contributed by atoms with Crippen LogP contribution in [-0.2, 0) is 0 Å². The summed E-state index contributed by atoms with van der Waals surface area (Å²) in [6, 6.07) is 21.7. The molecule has 0 aliphatic carbocycles. The molecule has 0 saturated carbocycles. The standard InChI is InChI=1S/C21H20N2O2/c1-15(12-16-6-8-18(9-7-16)21(24)23-25)14-22-20-11-10-17-4-2-3-5-19(17)13-20/h2-13,22,25H,14H2,1H3,(H,23,24). The maximum absolute atomic E-state index is 11.3. The van der Waals surface area contributed by atoms with Crippen molar-refractivity contribution in [3.05, 3.63) is 83.4 Å². The number of anilines is 1. The highest BCUT2D eigenvalue weighted by Gasteiger charge is 2.02. The second-order valence-corrected chi connectivity index (χ2v) is 5.97. The van der Waals surface area contributed by atoms with Crippen molar-refractivity contribution >= 4 is 28.4 Å². The van der Waals surface area contributed by atoms with Crippen LogP contribution in [0.1, 0.15) is 22.8 Å². The van der Waals surface area contributed by atoms with E-state index in [2.05, 4.69) is 48.6 Å². The number of carbonyl (C=O) groups excluding carboxylic acids is 1. The van der Waals surface area contributed by atoms with Gasteiger partial charge in [0, 0.05) is 17.8 Å². The van der Waals surface area contributed by atoms with Crippen LogP contribution >= 0.6 is 0 Å². The molecule has 0 aliphatic rings. The molecule has 0 atom stereocenters. The van der Waals surface area contributed by atoms with Gasteiger partial charge in [0.25, 0.3) is 5.91 Å². The largest absolute Gasteiger partial charge is 0.381 e. The van der Waals surface area contributed by atoms with E-state index in [-0.39, 0.29) is 0 Å². The number of hydrogen-bond acceptors (Lipinski definition) is 3. The Morgan fingerprint density at radius 2 is 1.72 bits per heavy atom. The van der Waals surface area contributed by atoms with Crippen LogP contribution in [0, 0.1) is 0 Å². The summed E-state index contributed by atoms with van der Waals surface area (Å²) in [6.07, 6.45) is 2.06. The van der Waals surface area contributed by atoms with Crippen molar-refractivity contribution in [3.8, 4) is 0 Å². The summed E-state index contributed by atoms with van der Waals surface area (Å²) in [5, 5.41) is 14.5. The molecule has 3 aromatic carbocycles. The molecule has 3 aromatic rings. The molecule has 3 N–H and O–H groups in total. The summed E-state index contributed by atoms with van der Waals surface area (Å²) in [5.41, 5.74) is 5.32. The van der Waals surface area contributed by atoms with Gasteiger partial charge < -0.3 is 5.32 Å². The minimum absolute atomic E-state index is 0.423. The van der Waals surface area contributed by atoms with Crippen LogP contribution in [0.15, 0.2) is 72.3 Å². The van der Waals surface area contributed by atoms with Crippen LogP contribution in [0.5, 0.6) is 0 Å². The Morgan fingerprint density at radius 1 is 1.00 bits per heavy atom. The molecule has 1 amide bonds. The lowest BCUT2D eigenvalue weighted by atomic mass is 10.1. The minimum Gasteiger partial charge on any atom is -0.381 e. The van der Waals surface area contributed by atoms with E-state index in [0.29, 0.717) is 5.56 Å². The van der Waals surface area contributed by atoms with Crippen molar-refractivity contribution in [2.75, 3.05) is 11.9 Å². The van der Waals surface area contributed by atoms with Crippen molar-refractivity contribution in [3.63, 3.8) is 0 Å². The van der Waals surface area contributed by atoms with E-state index in [0.717, 1.165) is 17.8 Å². The zero-order valence-corrected chi connectivity index (χ0v) is 14.0. The normalized spacial score (nSPS) is 11.4. The van der Waals surface area contributed by atoms with Gasteiger partial charge in [-0.05, 0) is 47.5 Å². The highest BCUT2D eigenvalue weighted by atomic mass is 16.5. The molecule has 0 radical (unpaired) electrons. The maximum atomic E-state index is 11.3. The van der Waals surface area contributed by atoms with Crippen molar-refractivity contribution in [2.24, 2.45) is 0 Å². The number of benzene rings is 3. The summed E-state index contributed by atoms with van der Waals surface area (Å²) in [4.78, 5) is 11.3. The van der Waals surface area contributed by atoms with Crippen LogP contribution in [0.2, 0.25) is 0 Å². The highest BCUT2D eigenvalue weighted by Crippen LogP contribution is 2.19. The smallest absolute Gasteiger partial charge is 0.274 e. The van der Waals surface area contributed by atoms with E-state index in [1.807, 2.05) is 24.3 Å². The predicted octanol–water partition coefficient (Wildman–Crippen LogP) is 4.47. The van der Waals surface area contributed by atoms with Crippen molar-refractivity contribution < 1.29 is 10.0 Å². The van der Waals surface area contributed by atoms with Crippen LogP contribution < -0.4 is 10.8 Å². The minimum atomic E-state index is -0.509. The summed E-state index contributed by atoms with van der Waals surface area (Å²) in [7, 11) is 0. The van der Waals surface area contributed by atoms with E-state index in [1.165, 1.54) is 16.3 Å². The van der Waals surface area contributed by atoms with Gasteiger partial charge in [0.15, 0.2) is 0 Å². The van der Waals surface area contributed by atoms with Crippen LogP contribution in [0.25, 0.3) is 16.8 Å². The molecule has 4 heteroatoms. The Labute approximate surface area is 146 Å². The third-order valence-electron chi connectivity index (χ3n) is 4.01. The van der Waals surface area contributed by atoms with Gasteiger partial charge in [0.2, 0.25) is 0 Å². The molecule has 0 aliphatic heterocycles. The topological polar surface area (TPSA) is 61.4 Å². The number of hydrogen-bond donors (Lipinski definition) is 3. The molecule has 0 spiro atoms. The highest BCUT2D eigenvalue weighted by molar-refractivity contribution is 5.93. The molecule has 3 rings (SSSR count). The Balaban J connectivity index is 1.65. The molecule has 0 bridgehead atoms. The molecule has 0 saturated heterocycles. The Morgan fingerprint density at radius 3 is 2.44 bits per heavy atom. The van der Waals surface area contributed by atoms with Gasteiger partial charge in [-0.1, -0.05) is 54.1 Å². The molecular formula is C21H20N2O2. The second-order valence-electron chi connectivity index (χ2n) is 5.97. The van der Waals surface area contributed by atoms with Crippen molar-refractivity contribution in [2.45, 2.75) is 6.92 Å². The van der Waals surface area contributed by atoms with E-state index < -0.39 is 5.91 Å². The lowest BCUT2D eigenvalue weighted by molar-refractivity contribution is 0.0706. The third-order valence-corrected chi connectivity index (χ3v) is 4.01. The fourth-order valence-corrected chi connectivity index (χ4v) is 2.67. The Kier molecular flexibility index (Phi) is 5.11. The van der Waals surface area contributed by atoms with Gasteiger partial charge in [-0.25, -0.2) is 5.48 Å². The van der Waals surface area contributed by atoms with Gasteiger partial charge in [0.1, 0.15) is 0 Å². The first-order valence-corrected chi connectivity index (χ1v) is 8.10. The molecule has 0 heterocycles. The number of rotatable bonds is 5. The summed E-state index contributed by atoms with van der Waals surface area (Å²) < 4.78 is 0. The monoisotopic (exact) mass is 332 g/mol. The fourth-order valence-electron chi connectivity index (χ4n) is 2.67. The molecule has 0 unspecified atom stereocenters. The SMILES string of the molecule is CC(=Cc1ccc(C(=O)NO)cc1)CNc1ccc2ccccc2c1. The van der Waals surface area contributed by atoms with Crippen LogP contribution in [-0.4, -0.2) is 17.7 Å². The number of carbonyl (C=O) groups is 1. The van der Waals surface area contributed by atoms with Gasteiger partial charge in [0.05, 0.1) is 0 Å². The van der Waals surface area contributed by atoms with Gasteiger partial charge in [-0.2, -0.15) is 0 Å². The number of amides is 1. The van der Waals surface area contributed by atoms with Gasteiger partial charge >= 0.3 is 0 Å². The van der Waals surface area contributed by atoms with E-state index in [4.69, 9.17) is 5.21 Å². The van der Waals surface area contributed by atoms with Crippen LogP contribution in [0.4, 0.5) is 5.69 Å². The lowest BCUT2D eigenvalue weighted by Gasteiger charge is -2.08. The zero-order chi connectivity index (χ0) is 17.6. The summed E-state index contributed by atoms with van der Waals surface area (Å²) >= 11 is 0. The zero-order valence-electron chi connectivity index (χ0n) is 14.0. The van der Waals surface area contributed by atoms with Crippen molar-refractivity contribution in [1.29, 1.82) is 0 Å². The third kappa shape index (κ3) is 4.25. The van der Waals surface area contributed by atoms with E-state index >= 15 is 0 Å². The second kappa shape index (κ2) is 7.64.